The van der Waals surface area contributed by atoms with Gasteiger partial charge in [-0.15, -0.1) is 45.3 Å². The molecule has 0 radical (unpaired) electrons. The average molecular weight is 2060 g/mol. The van der Waals surface area contributed by atoms with Crippen LogP contribution in [0.3, 0.4) is 0 Å². The number of likely N-dealkylation sites (N-methyl/N-ethyl adjacent to an activating group) is 4. The minimum atomic E-state index is -0.540. The van der Waals surface area contributed by atoms with Gasteiger partial charge in [0, 0.05) is 170 Å². The van der Waals surface area contributed by atoms with Crippen LogP contribution in [0.4, 0.5) is 0 Å². The Balaban J connectivity index is 0.000000338. The molecule has 4 aromatic carbocycles. The van der Waals surface area contributed by atoms with Gasteiger partial charge in [-0.3, -0.25) is 52.7 Å². The number of benzene rings is 4. The molecular weight excluding hydrogens is 1880 g/mol. The van der Waals surface area contributed by atoms with Gasteiger partial charge in [-0.05, 0) is 216 Å². The van der Waals surface area contributed by atoms with Crippen molar-refractivity contribution in [3.05, 3.63) is 164 Å². The van der Waals surface area contributed by atoms with Crippen molar-refractivity contribution in [1.82, 2.24) is 66.1 Å². The molecule has 5 N–H and O–H groups in total. The van der Waals surface area contributed by atoms with E-state index in [9.17, 15) is 57.5 Å². The number of Topliss-reactive ketones (excluding diaryl/α,β-unsaturated/α-hetero) is 7. The van der Waals surface area contributed by atoms with Crippen LogP contribution in [0, 0.1) is 47.3 Å². The SMILES string of the molecule is C=C(CN(C)C)C(=O)CC[C@@H](NC(=O)[C@@H](CC(=O)CC)Cc1nc2ccc(CC)cc2s1)[C@@H](C)CC.C=C(CN(C)C)C(=O)CC[C@@H](NC(=O)[C@@H](CC(=O)CCC)Cc1nc2ccc(CC)cc2s1)[C@@H](C)CC.C=C(CN(C)C)C(=O)CC[C@@H](NC(=O)[C@@H](CC(=O)NC)Cc1nc2ccc(CC)cc2s1)[C@@H](C)CC.C=C(CN(C)C)C(=O)CC[C@@H](NC(=O)[C@@H](CC(C)=O)Cc1nc2ccc(CC)cc2s1)[C@@H](C)CC. The summed E-state index contributed by atoms with van der Waals surface area (Å²) in [6.07, 6.45) is 14.9. The van der Waals surface area contributed by atoms with E-state index in [2.05, 4.69) is 185 Å². The number of fused-ring (bicyclic) bond motifs is 4. The molecule has 144 heavy (non-hydrogen) atoms. The highest BCUT2D eigenvalue weighted by Gasteiger charge is 2.34. The molecule has 0 aliphatic rings. The zero-order chi connectivity index (χ0) is 107. The van der Waals surface area contributed by atoms with Crippen molar-refractivity contribution in [2.24, 2.45) is 47.3 Å². The second-order valence-corrected chi connectivity index (χ2v) is 44.7. The number of aromatic nitrogens is 4. The zero-order valence-electron chi connectivity index (χ0n) is 91.2. The van der Waals surface area contributed by atoms with Gasteiger partial charge in [0.1, 0.15) is 17.3 Å². The first kappa shape index (κ1) is 125. The minimum absolute atomic E-state index is 0.0187. The molecule has 8 aromatic rings. The number of aryl methyl sites for hydroxylation is 4. The number of thiazole rings is 4. The number of hydrogen-bond donors (Lipinski definition) is 5. The summed E-state index contributed by atoms with van der Waals surface area (Å²) >= 11 is 6.37. The normalized spacial score (nSPS) is 13.9. The summed E-state index contributed by atoms with van der Waals surface area (Å²) in [6, 6.07) is 24.5. The summed E-state index contributed by atoms with van der Waals surface area (Å²) in [6.45, 7) is 48.3. The molecular formula is C115H171N13O12S4. The van der Waals surface area contributed by atoms with E-state index in [0.717, 1.165) is 119 Å². The highest BCUT2D eigenvalue weighted by Crippen LogP contribution is 2.34. The number of nitrogens with one attached hydrogen (secondary N) is 5. The van der Waals surface area contributed by atoms with E-state index in [0.29, 0.717) is 138 Å². The van der Waals surface area contributed by atoms with Crippen molar-refractivity contribution in [3.8, 4) is 0 Å². The van der Waals surface area contributed by atoms with Gasteiger partial charge in [-0.2, -0.15) is 0 Å². The lowest BCUT2D eigenvalue weighted by Crippen LogP contribution is -2.44. The largest absolute Gasteiger partial charge is 0.359 e. The maximum Gasteiger partial charge on any atom is 0.224 e. The topological polar surface area (TPSA) is 330 Å². The van der Waals surface area contributed by atoms with E-state index in [1.54, 1.807) is 52.4 Å². The Kier molecular flexibility index (Phi) is 55.8. The van der Waals surface area contributed by atoms with E-state index in [1.165, 1.54) is 29.2 Å². The third-order valence-electron chi connectivity index (χ3n) is 26.9. The molecule has 0 unspecified atom stereocenters. The molecule has 0 spiro atoms. The van der Waals surface area contributed by atoms with Gasteiger partial charge < -0.3 is 51.0 Å². The summed E-state index contributed by atoms with van der Waals surface area (Å²) in [4.78, 5) is 180. The summed E-state index contributed by atoms with van der Waals surface area (Å²) in [7, 11) is 16.8. The molecule has 25 nitrogen and oxygen atoms in total. The molecule has 4 heterocycles. The van der Waals surface area contributed by atoms with Gasteiger partial charge in [0.2, 0.25) is 29.5 Å². The van der Waals surface area contributed by atoms with Gasteiger partial charge in [-0.25, -0.2) is 19.9 Å². The molecule has 4 aromatic heterocycles. The van der Waals surface area contributed by atoms with Gasteiger partial charge in [0.15, 0.2) is 23.1 Å². The van der Waals surface area contributed by atoms with Gasteiger partial charge in [0.25, 0.3) is 0 Å². The maximum absolute atomic E-state index is 13.6. The predicted octanol–water partition coefficient (Wildman–Crippen LogP) is 20.3. The number of amides is 5. The lowest BCUT2D eigenvalue weighted by molar-refractivity contribution is -0.131. The summed E-state index contributed by atoms with van der Waals surface area (Å²) in [5.41, 5.74) is 11.1. The fraction of sp³-hybridized carbons (Fsp3) is 0.583. The quantitative estimate of drug-likeness (QED) is 0.0221. The van der Waals surface area contributed by atoms with Crippen LogP contribution >= 0.6 is 45.3 Å². The number of carbonyl (C=O) groups excluding carboxylic acids is 12. The number of hydrogen-bond acceptors (Lipinski definition) is 24. The van der Waals surface area contributed by atoms with Crippen LogP contribution in [0.1, 0.15) is 268 Å². The Labute approximate surface area is 876 Å². The molecule has 0 fully saturated rings. The van der Waals surface area contributed by atoms with Crippen molar-refractivity contribution in [1.29, 1.82) is 0 Å². The van der Waals surface area contributed by atoms with Crippen molar-refractivity contribution in [2.75, 3.05) is 89.6 Å². The molecule has 0 saturated heterocycles. The van der Waals surface area contributed by atoms with Crippen molar-refractivity contribution >= 4 is 156 Å². The van der Waals surface area contributed by atoms with Crippen LogP contribution in [-0.2, 0) is 109 Å². The van der Waals surface area contributed by atoms with E-state index < -0.39 is 23.7 Å². The standard InChI is InChI=1S/C30H45N3O3S.C29H43N3O3S.C28H42N4O3S.C28H41N3O3S/c1-8-11-24(34)17-23(18-29-31-26-13-12-22(10-3)16-28(26)37-29)30(36)32-25(20(4)9-2)14-15-27(35)21(5)19-33(6)7;1-8-19(4)24(13-14-26(34)20(5)18-32(6)7)31-29(35)22(16-23(33)10-3)17-28-30-25-12-11-21(9-2)15-27(25)36-28;1-8-18(3)22(12-13-24(33)19(4)17-32(6)7)31-28(35)21(15-26(34)29-5)16-27-30-23-11-10-20(9-2)14-25(23)36-27;1-8-18(3)23(12-13-25(33)19(4)17-31(6)7)30-28(34)22(14-20(5)32)16-27-29-24-11-10-21(9-2)15-26(24)35-27/h12-13,16,20,23,25H,5,8-11,14-15,17-19H2,1-4,6-7H3,(H,32,36);11-12,15,19,22,24H,5,8-10,13-14,16-18H2,1-4,6-7H3,(H,31,35);10-11,14,18,21-22H,4,8-9,12-13,15-17H2,1-3,5-7H3,(H,29,34)(H,31,35);10-11,15,18,22-23H,4,8-9,12-14,16-17H2,1-3,5-7H3,(H,30,34)/t20-,23-,25+;19-,22-,24+;18-,21-,22+;18-,22-,23+/m0000/s1. The van der Waals surface area contributed by atoms with Gasteiger partial charge in [-0.1, -0.05) is 173 Å². The van der Waals surface area contributed by atoms with E-state index in [-0.39, 0.29) is 144 Å². The Hall–Kier alpha value is -9.72. The first-order valence-electron chi connectivity index (χ1n) is 52.2. The first-order valence-corrected chi connectivity index (χ1v) is 55.4. The highest BCUT2D eigenvalue weighted by molar-refractivity contribution is 7.19. The Bertz CT molecular complexity index is 5420. The van der Waals surface area contributed by atoms with E-state index in [1.807, 2.05) is 114 Å². The molecule has 5 amide bonds. The fourth-order valence-corrected chi connectivity index (χ4v) is 21.4. The zero-order valence-corrected chi connectivity index (χ0v) is 94.5. The molecule has 8 rings (SSSR count). The average Bonchev–Trinajstić information content (AvgIpc) is 1.69. The van der Waals surface area contributed by atoms with Crippen molar-refractivity contribution in [3.63, 3.8) is 0 Å². The van der Waals surface area contributed by atoms with Gasteiger partial charge >= 0.3 is 0 Å². The van der Waals surface area contributed by atoms with Crippen LogP contribution in [0.5, 0.6) is 0 Å². The van der Waals surface area contributed by atoms with Crippen molar-refractivity contribution in [2.45, 2.75) is 301 Å². The van der Waals surface area contributed by atoms with Crippen LogP contribution in [-0.4, -0.2) is 223 Å². The third-order valence-corrected chi connectivity index (χ3v) is 31.0. The van der Waals surface area contributed by atoms with E-state index >= 15 is 0 Å². The number of carbonyl (C=O) groups is 12. The van der Waals surface area contributed by atoms with Crippen LogP contribution < -0.4 is 26.6 Å². The molecule has 0 aliphatic heterocycles. The number of rotatable bonds is 63. The molecule has 0 saturated carbocycles. The molecule has 0 bridgehead atoms. The Morgan fingerprint density at radius 2 is 0.569 bits per heavy atom. The number of ketones is 7. The number of nitrogens with zero attached hydrogens (tertiary/aromatic N) is 8. The van der Waals surface area contributed by atoms with E-state index in [4.69, 9.17) is 19.9 Å². The molecule has 12 atom stereocenters. The van der Waals surface area contributed by atoms with Crippen molar-refractivity contribution < 1.29 is 57.5 Å². The second-order valence-electron chi connectivity index (χ2n) is 40.2. The van der Waals surface area contributed by atoms with Crippen LogP contribution in [0.2, 0.25) is 0 Å². The lowest BCUT2D eigenvalue weighted by Gasteiger charge is -2.27. The van der Waals surface area contributed by atoms with Crippen LogP contribution in [0.25, 0.3) is 40.9 Å². The highest BCUT2D eigenvalue weighted by atomic mass is 32.1. The van der Waals surface area contributed by atoms with Crippen LogP contribution in [0.15, 0.2) is 121 Å². The molecule has 792 valence electrons. The second kappa shape index (κ2) is 64.4. The van der Waals surface area contributed by atoms with Gasteiger partial charge in [0.05, 0.1) is 84.6 Å². The summed E-state index contributed by atoms with van der Waals surface area (Å²) < 4.78 is 4.43. The Morgan fingerprint density at radius 1 is 0.333 bits per heavy atom. The monoisotopic (exact) mass is 2050 g/mol. The maximum atomic E-state index is 13.6. The smallest absolute Gasteiger partial charge is 0.224 e. The molecule has 0 aliphatic carbocycles. The third kappa shape index (κ3) is 43.4. The first-order chi connectivity index (χ1) is 68.2. The summed E-state index contributed by atoms with van der Waals surface area (Å²) in [5, 5.41) is 18.9. The summed E-state index contributed by atoms with van der Waals surface area (Å²) in [5.74, 6) is -1.62. The predicted molar refractivity (Wildman–Crippen MR) is 596 cm³/mol. The lowest BCUT2D eigenvalue weighted by atomic mass is 9.91. The fourth-order valence-electron chi connectivity index (χ4n) is 17.0. The minimum Gasteiger partial charge on any atom is -0.359 e. The Morgan fingerprint density at radius 3 is 0.778 bits per heavy atom. The molecule has 29 heteroatoms.